The maximum Gasteiger partial charge on any atom is 0.167 e. The summed E-state index contributed by atoms with van der Waals surface area (Å²) >= 11 is 0. The van der Waals surface area contributed by atoms with Gasteiger partial charge in [0, 0.05) is 43.1 Å². The quantitative estimate of drug-likeness (QED) is 0.402. The molecule has 1 atom stereocenters. The Kier molecular flexibility index (Phi) is 6.17. The van der Waals surface area contributed by atoms with Gasteiger partial charge in [-0.2, -0.15) is 5.10 Å². The van der Waals surface area contributed by atoms with Crippen LogP contribution < -0.4 is 20.1 Å². The SMILES string of the molecule is COc1ccc(Cn2nc(N3CCC(N(C)C)C3)c3c(Oc4ccc(N)cc4F)ccnc32)cc1. The Bertz CT molecular complexity index is 1340. The van der Waals surface area contributed by atoms with Crippen LogP contribution in [0.25, 0.3) is 11.0 Å². The Hall–Kier alpha value is -3.85. The summed E-state index contributed by atoms with van der Waals surface area (Å²) in [6, 6.07) is 14.5. The summed E-state index contributed by atoms with van der Waals surface area (Å²) in [5.74, 6) is 1.68. The van der Waals surface area contributed by atoms with Gasteiger partial charge < -0.3 is 25.0 Å². The van der Waals surface area contributed by atoms with Crippen LogP contribution in [-0.4, -0.2) is 60.0 Å². The van der Waals surface area contributed by atoms with Gasteiger partial charge in [0.05, 0.1) is 13.7 Å². The highest BCUT2D eigenvalue weighted by Crippen LogP contribution is 2.38. The molecule has 8 nitrogen and oxygen atoms in total. The van der Waals surface area contributed by atoms with Crippen LogP contribution in [0.5, 0.6) is 17.2 Å². The van der Waals surface area contributed by atoms with Crippen molar-refractivity contribution in [3.63, 3.8) is 0 Å². The first-order valence-electron chi connectivity index (χ1n) is 11.6. The molecule has 3 heterocycles. The van der Waals surface area contributed by atoms with Gasteiger partial charge in [0.1, 0.15) is 16.9 Å². The summed E-state index contributed by atoms with van der Waals surface area (Å²) in [4.78, 5) is 9.13. The molecule has 2 aromatic carbocycles. The minimum absolute atomic E-state index is 0.105. The van der Waals surface area contributed by atoms with E-state index in [1.165, 1.54) is 12.1 Å². The lowest BCUT2D eigenvalue weighted by molar-refractivity contribution is 0.315. The van der Waals surface area contributed by atoms with Crippen LogP contribution >= 0.6 is 0 Å². The van der Waals surface area contributed by atoms with Crippen LogP contribution in [0.1, 0.15) is 12.0 Å². The van der Waals surface area contributed by atoms with Crippen molar-refractivity contribution in [2.45, 2.75) is 19.0 Å². The molecule has 1 fully saturated rings. The predicted molar refractivity (Wildman–Crippen MR) is 135 cm³/mol. The molecule has 9 heteroatoms. The number of rotatable bonds is 7. The smallest absolute Gasteiger partial charge is 0.167 e. The number of likely N-dealkylation sites (N-methyl/N-ethyl adjacent to an activating group) is 1. The Morgan fingerprint density at radius 2 is 1.91 bits per heavy atom. The standard InChI is InChI=1S/C26H29FN6O2/c1-31(2)19-11-13-32(16-19)26-24-23(35-22-9-6-18(28)14-21(22)27)10-12-29-25(24)33(30-26)15-17-4-7-20(34-3)8-5-17/h4-10,12,14,19H,11,13,15-16,28H2,1-3H3. The second-order valence-corrected chi connectivity index (χ2v) is 8.98. The van der Waals surface area contributed by atoms with E-state index in [0.717, 1.165) is 42.0 Å². The van der Waals surface area contributed by atoms with E-state index in [2.05, 4.69) is 28.9 Å². The van der Waals surface area contributed by atoms with Crippen LogP contribution in [0, 0.1) is 5.82 Å². The lowest BCUT2D eigenvalue weighted by atomic mass is 10.2. The number of anilines is 2. The molecule has 2 aromatic heterocycles. The first kappa shape index (κ1) is 22.9. The van der Waals surface area contributed by atoms with Crippen LogP contribution in [0.4, 0.5) is 15.9 Å². The number of methoxy groups -OCH3 is 1. The minimum atomic E-state index is -0.518. The van der Waals surface area contributed by atoms with Gasteiger partial charge in [-0.1, -0.05) is 12.1 Å². The number of hydrogen-bond donors (Lipinski definition) is 1. The molecular weight excluding hydrogens is 447 g/mol. The largest absolute Gasteiger partial charge is 0.497 e. The van der Waals surface area contributed by atoms with Gasteiger partial charge in [-0.15, -0.1) is 0 Å². The zero-order chi connectivity index (χ0) is 24.5. The minimum Gasteiger partial charge on any atom is -0.497 e. The average Bonchev–Trinajstić information content (AvgIpc) is 3.48. The number of benzene rings is 2. The number of halogens is 1. The summed E-state index contributed by atoms with van der Waals surface area (Å²) in [6.07, 6.45) is 2.69. The maximum absolute atomic E-state index is 14.6. The number of nitrogens with two attached hydrogens (primary N) is 1. The van der Waals surface area contributed by atoms with Crippen molar-refractivity contribution in [2.75, 3.05) is 44.9 Å². The molecule has 0 spiro atoms. The molecule has 0 saturated carbocycles. The first-order valence-corrected chi connectivity index (χ1v) is 11.6. The van der Waals surface area contributed by atoms with Gasteiger partial charge >= 0.3 is 0 Å². The monoisotopic (exact) mass is 476 g/mol. The fraction of sp³-hybridized carbons (Fsp3) is 0.308. The maximum atomic E-state index is 14.6. The van der Waals surface area contributed by atoms with Crippen molar-refractivity contribution in [1.82, 2.24) is 19.7 Å². The normalized spacial score (nSPS) is 15.8. The topological polar surface area (TPSA) is 81.7 Å². The number of nitrogen functional groups attached to an aromatic ring is 1. The molecule has 4 aromatic rings. The molecule has 5 rings (SSSR count). The number of hydrogen-bond acceptors (Lipinski definition) is 7. The summed E-state index contributed by atoms with van der Waals surface area (Å²) < 4.78 is 27.8. The highest BCUT2D eigenvalue weighted by Gasteiger charge is 2.29. The second-order valence-electron chi connectivity index (χ2n) is 8.98. The van der Waals surface area contributed by atoms with E-state index in [1.807, 2.05) is 28.9 Å². The van der Waals surface area contributed by atoms with Crippen molar-refractivity contribution in [3.8, 4) is 17.2 Å². The van der Waals surface area contributed by atoms with Gasteiger partial charge in [0.15, 0.2) is 23.0 Å². The number of nitrogens with zero attached hydrogens (tertiary/aromatic N) is 5. The lowest BCUT2D eigenvalue weighted by Gasteiger charge is -2.20. The molecule has 35 heavy (non-hydrogen) atoms. The van der Waals surface area contributed by atoms with E-state index < -0.39 is 5.82 Å². The van der Waals surface area contributed by atoms with E-state index >= 15 is 0 Å². The summed E-state index contributed by atoms with van der Waals surface area (Å²) in [5.41, 5.74) is 7.80. The molecule has 1 saturated heterocycles. The molecule has 1 unspecified atom stereocenters. The highest BCUT2D eigenvalue weighted by atomic mass is 19.1. The van der Waals surface area contributed by atoms with Gasteiger partial charge in [0.2, 0.25) is 0 Å². The third-order valence-corrected chi connectivity index (χ3v) is 6.44. The van der Waals surface area contributed by atoms with Crippen molar-refractivity contribution >= 4 is 22.5 Å². The predicted octanol–water partition coefficient (Wildman–Crippen LogP) is 4.14. The lowest BCUT2D eigenvalue weighted by Crippen LogP contribution is -2.31. The molecule has 0 aliphatic carbocycles. The highest BCUT2D eigenvalue weighted by molar-refractivity contribution is 5.94. The van der Waals surface area contributed by atoms with E-state index in [4.69, 9.17) is 20.3 Å². The van der Waals surface area contributed by atoms with Crippen molar-refractivity contribution < 1.29 is 13.9 Å². The number of aromatic nitrogens is 3. The van der Waals surface area contributed by atoms with Gasteiger partial charge in [-0.25, -0.2) is 14.1 Å². The molecule has 182 valence electrons. The van der Waals surface area contributed by atoms with E-state index in [9.17, 15) is 4.39 Å². The third kappa shape index (κ3) is 4.59. The molecular formula is C26H29FN6O2. The van der Waals surface area contributed by atoms with Crippen molar-refractivity contribution in [1.29, 1.82) is 0 Å². The van der Waals surface area contributed by atoms with Crippen LogP contribution in [-0.2, 0) is 6.54 Å². The molecule has 1 aliphatic rings. The van der Waals surface area contributed by atoms with Crippen LogP contribution in [0.15, 0.2) is 54.7 Å². The molecule has 2 N–H and O–H groups in total. The van der Waals surface area contributed by atoms with Crippen LogP contribution in [0.3, 0.4) is 0 Å². The fourth-order valence-corrected chi connectivity index (χ4v) is 4.45. The van der Waals surface area contributed by atoms with E-state index in [-0.39, 0.29) is 5.75 Å². The molecule has 0 bridgehead atoms. The molecule has 0 radical (unpaired) electrons. The number of fused-ring (bicyclic) bond motifs is 1. The zero-order valence-electron chi connectivity index (χ0n) is 20.1. The first-order chi connectivity index (χ1) is 16.9. The van der Waals surface area contributed by atoms with Gasteiger partial charge in [0.25, 0.3) is 0 Å². The van der Waals surface area contributed by atoms with Crippen molar-refractivity contribution in [3.05, 3.63) is 66.1 Å². The van der Waals surface area contributed by atoms with E-state index in [1.54, 1.807) is 25.4 Å². The fourth-order valence-electron chi connectivity index (χ4n) is 4.45. The third-order valence-electron chi connectivity index (χ3n) is 6.44. The van der Waals surface area contributed by atoms with E-state index in [0.29, 0.717) is 29.7 Å². The van der Waals surface area contributed by atoms with Gasteiger partial charge in [-0.3, -0.25) is 0 Å². The van der Waals surface area contributed by atoms with Gasteiger partial charge in [-0.05, 0) is 50.3 Å². The molecule has 0 amide bonds. The Morgan fingerprint density at radius 3 is 2.60 bits per heavy atom. The number of ether oxygens (including phenoxy) is 2. The summed E-state index contributed by atoms with van der Waals surface area (Å²) in [5, 5.41) is 5.74. The Morgan fingerprint density at radius 1 is 1.11 bits per heavy atom. The second kappa shape index (κ2) is 9.42. The van der Waals surface area contributed by atoms with Crippen LogP contribution in [0.2, 0.25) is 0 Å². The number of pyridine rings is 1. The zero-order valence-corrected chi connectivity index (χ0v) is 20.1. The Balaban J connectivity index is 1.58. The van der Waals surface area contributed by atoms with Crippen molar-refractivity contribution in [2.24, 2.45) is 0 Å². The molecule has 1 aliphatic heterocycles. The average molecular weight is 477 g/mol. The summed E-state index contributed by atoms with van der Waals surface area (Å²) in [6.45, 7) is 2.23. The Labute approximate surface area is 203 Å². The summed E-state index contributed by atoms with van der Waals surface area (Å²) in [7, 11) is 5.83.